The third-order valence-electron chi connectivity index (χ3n) is 6.78. The summed E-state index contributed by atoms with van der Waals surface area (Å²) < 4.78 is 2.57. The van der Waals surface area contributed by atoms with Crippen LogP contribution in [0, 0.1) is 0 Å². The zero-order chi connectivity index (χ0) is 18.5. The number of rotatable bonds is 4. The van der Waals surface area contributed by atoms with E-state index in [9.17, 15) is 0 Å². The molecule has 3 heteroatoms. The zero-order valence-electron chi connectivity index (χ0n) is 16.7. The summed E-state index contributed by atoms with van der Waals surface area (Å²) in [6.07, 6.45) is 20.3. The normalized spacial score (nSPS) is 21.1. The fourth-order valence-corrected chi connectivity index (χ4v) is 5.36. The fourth-order valence-electron chi connectivity index (χ4n) is 5.19. The first-order valence-corrected chi connectivity index (χ1v) is 11.7. The lowest BCUT2D eigenvalue weighted by atomic mass is 9.96. The van der Waals surface area contributed by atoms with Gasteiger partial charge in [0.2, 0.25) is 0 Å². The Bertz CT molecular complexity index is 719. The van der Waals surface area contributed by atoms with Gasteiger partial charge in [0, 0.05) is 35.2 Å². The van der Waals surface area contributed by atoms with Crippen LogP contribution in [-0.2, 0) is 6.54 Å². The van der Waals surface area contributed by atoms with Crippen molar-refractivity contribution in [1.29, 1.82) is 0 Å². The highest BCUT2D eigenvalue weighted by atomic mass is 35.5. The number of hydrogen-bond donors (Lipinski definition) is 1. The van der Waals surface area contributed by atoms with Crippen LogP contribution < -0.4 is 5.32 Å². The molecule has 0 unspecified atom stereocenters. The van der Waals surface area contributed by atoms with Gasteiger partial charge in [-0.2, -0.15) is 0 Å². The van der Waals surface area contributed by atoms with Crippen molar-refractivity contribution in [1.82, 2.24) is 9.88 Å². The first-order valence-electron chi connectivity index (χ1n) is 11.3. The quantitative estimate of drug-likeness (QED) is 0.542. The van der Waals surface area contributed by atoms with Gasteiger partial charge in [-0.25, -0.2) is 0 Å². The van der Waals surface area contributed by atoms with Gasteiger partial charge in [0.1, 0.15) is 0 Å². The molecule has 148 valence electrons. The lowest BCUT2D eigenvalue weighted by Crippen LogP contribution is -2.27. The maximum atomic E-state index is 6.39. The van der Waals surface area contributed by atoms with Crippen LogP contribution in [0.15, 0.2) is 24.4 Å². The van der Waals surface area contributed by atoms with E-state index in [1.54, 1.807) is 0 Å². The molecule has 27 heavy (non-hydrogen) atoms. The van der Waals surface area contributed by atoms with E-state index in [0.717, 1.165) is 11.6 Å². The lowest BCUT2D eigenvalue weighted by Gasteiger charge is -2.22. The molecule has 1 N–H and O–H groups in total. The predicted octanol–water partition coefficient (Wildman–Crippen LogP) is 7.39. The summed E-state index contributed by atoms with van der Waals surface area (Å²) in [7, 11) is 0. The van der Waals surface area contributed by atoms with E-state index in [-0.39, 0.29) is 0 Å². The number of hydrogen-bond acceptors (Lipinski definition) is 1. The SMILES string of the molecule is Clc1ccc2c(CNC3CCCCCC3)cn(C3CCCCCCC3)c2c1. The molecular weight excluding hydrogens is 352 g/mol. The summed E-state index contributed by atoms with van der Waals surface area (Å²) in [5, 5.41) is 6.13. The maximum absolute atomic E-state index is 6.39. The van der Waals surface area contributed by atoms with Crippen molar-refractivity contribution < 1.29 is 0 Å². The van der Waals surface area contributed by atoms with E-state index in [2.05, 4.69) is 34.3 Å². The van der Waals surface area contributed by atoms with Crippen LogP contribution in [0.4, 0.5) is 0 Å². The first-order chi connectivity index (χ1) is 13.3. The summed E-state index contributed by atoms with van der Waals surface area (Å²) in [5.74, 6) is 0. The van der Waals surface area contributed by atoms with Gasteiger partial charge in [-0.05, 0) is 43.4 Å². The van der Waals surface area contributed by atoms with Crippen molar-refractivity contribution >= 4 is 22.5 Å². The Morgan fingerprint density at radius 1 is 0.852 bits per heavy atom. The van der Waals surface area contributed by atoms with Crippen LogP contribution in [0.25, 0.3) is 10.9 Å². The molecule has 4 rings (SSSR count). The van der Waals surface area contributed by atoms with Gasteiger partial charge in [0.25, 0.3) is 0 Å². The number of halogens is 1. The summed E-state index contributed by atoms with van der Waals surface area (Å²) in [5.41, 5.74) is 2.79. The number of fused-ring (bicyclic) bond motifs is 1. The molecule has 0 aliphatic heterocycles. The van der Waals surface area contributed by atoms with Gasteiger partial charge in [0.05, 0.1) is 5.52 Å². The fraction of sp³-hybridized carbons (Fsp3) is 0.667. The minimum Gasteiger partial charge on any atom is -0.344 e. The Morgan fingerprint density at radius 2 is 1.48 bits per heavy atom. The van der Waals surface area contributed by atoms with E-state index < -0.39 is 0 Å². The second-order valence-electron chi connectivity index (χ2n) is 8.79. The molecule has 0 radical (unpaired) electrons. The predicted molar refractivity (Wildman–Crippen MR) is 117 cm³/mol. The van der Waals surface area contributed by atoms with Gasteiger partial charge in [-0.1, -0.05) is 75.5 Å². The summed E-state index contributed by atoms with van der Waals surface area (Å²) >= 11 is 6.39. The lowest BCUT2D eigenvalue weighted by molar-refractivity contribution is 0.378. The van der Waals surface area contributed by atoms with Crippen molar-refractivity contribution in [3.05, 3.63) is 35.0 Å². The largest absolute Gasteiger partial charge is 0.344 e. The van der Waals surface area contributed by atoms with Crippen molar-refractivity contribution in [2.75, 3.05) is 0 Å². The molecular formula is C24H35ClN2. The molecule has 0 spiro atoms. The summed E-state index contributed by atoms with van der Waals surface area (Å²) in [6.45, 7) is 0.989. The molecule has 0 bridgehead atoms. The van der Waals surface area contributed by atoms with Crippen molar-refractivity contribution in [3.63, 3.8) is 0 Å². The molecule has 2 aliphatic carbocycles. The topological polar surface area (TPSA) is 17.0 Å². The van der Waals surface area contributed by atoms with Crippen LogP contribution in [0.3, 0.4) is 0 Å². The molecule has 2 nitrogen and oxygen atoms in total. The highest BCUT2D eigenvalue weighted by Gasteiger charge is 2.19. The highest BCUT2D eigenvalue weighted by Crippen LogP contribution is 2.33. The smallest absolute Gasteiger partial charge is 0.0501 e. The Morgan fingerprint density at radius 3 is 2.19 bits per heavy atom. The van der Waals surface area contributed by atoms with Gasteiger partial charge in [-0.3, -0.25) is 0 Å². The molecule has 2 aliphatic rings. The monoisotopic (exact) mass is 386 g/mol. The van der Waals surface area contributed by atoms with Crippen LogP contribution in [0.2, 0.25) is 5.02 Å². The number of benzene rings is 1. The van der Waals surface area contributed by atoms with E-state index in [1.165, 1.54) is 99.9 Å². The third kappa shape index (κ3) is 4.90. The number of aromatic nitrogens is 1. The maximum Gasteiger partial charge on any atom is 0.0501 e. The van der Waals surface area contributed by atoms with Crippen LogP contribution in [0.5, 0.6) is 0 Å². The Kier molecular flexibility index (Phi) is 6.78. The third-order valence-corrected chi connectivity index (χ3v) is 7.02. The average Bonchev–Trinajstić information content (AvgIpc) is 2.81. The standard InChI is InChI=1S/C24H35ClN2/c25-20-14-15-23-19(17-26-21-10-6-4-5-7-11-21)18-27(24(23)16-20)22-12-8-2-1-3-9-13-22/h14-16,18,21-22,26H,1-13,17H2. The molecule has 0 amide bonds. The Hall–Kier alpha value is -0.990. The second-order valence-corrected chi connectivity index (χ2v) is 9.23. The zero-order valence-corrected chi connectivity index (χ0v) is 17.4. The molecule has 1 aromatic heterocycles. The number of nitrogens with one attached hydrogen (secondary N) is 1. The minimum absolute atomic E-state index is 0.637. The van der Waals surface area contributed by atoms with Crippen LogP contribution in [0.1, 0.15) is 95.1 Å². The van der Waals surface area contributed by atoms with E-state index in [1.807, 2.05) is 0 Å². The van der Waals surface area contributed by atoms with Gasteiger partial charge in [-0.15, -0.1) is 0 Å². The molecule has 2 saturated carbocycles. The molecule has 0 atom stereocenters. The van der Waals surface area contributed by atoms with E-state index in [4.69, 9.17) is 11.6 Å². The molecule has 0 saturated heterocycles. The molecule has 2 fully saturated rings. The minimum atomic E-state index is 0.637. The molecule has 1 heterocycles. The van der Waals surface area contributed by atoms with Crippen molar-refractivity contribution in [2.24, 2.45) is 0 Å². The van der Waals surface area contributed by atoms with Gasteiger partial charge < -0.3 is 9.88 Å². The van der Waals surface area contributed by atoms with Crippen LogP contribution in [-0.4, -0.2) is 10.6 Å². The second kappa shape index (κ2) is 9.47. The van der Waals surface area contributed by atoms with E-state index >= 15 is 0 Å². The Labute approximate surface area is 169 Å². The molecule has 1 aromatic carbocycles. The Balaban J connectivity index is 1.56. The molecule has 2 aromatic rings. The van der Waals surface area contributed by atoms with E-state index in [0.29, 0.717) is 12.1 Å². The summed E-state index contributed by atoms with van der Waals surface area (Å²) in [4.78, 5) is 0. The van der Waals surface area contributed by atoms with Crippen molar-refractivity contribution in [2.45, 2.75) is 102 Å². The van der Waals surface area contributed by atoms with Gasteiger partial charge in [0.15, 0.2) is 0 Å². The van der Waals surface area contributed by atoms with Gasteiger partial charge >= 0.3 is 0 Å². The summed E-state index contributed by atoms with van der Waals surface area (Å²) in [6, 6.07) is 7.81. The van der Waals surface area contributed by atoms with Crippen molar-refractivity contribution in [3.8, 4) is 0 Å². The first kappa shape index (κ1) is 19.3. The van der Waals surface area contributed by atoms with Crippen LogP contribution >= 0.6 is 11.6 Å². The average molecular weight is 387 g/mol. The number of nitrogens with zero attached hydrogens (tertiary/aromatic N) is 1. The highest BCUT2D eigenvalue weighted by molar-refractivity contribution is 6.31.